The van der Waals surface area contributed by atoms with E-state index in [4.69, 9.17) is 0 Å². The number of halogens is 4. The number of hydrazone groups is 1. The molecular weight excluding hydrogens is 350 g/mol. The fraction of sp³-hybridized carbons (Fsp3) is 0.333. The predicted molar refractivity (Wildman–Crippen MR) is 91.5 cm³/mol. The Balaban J connectivity index is 2.45. The summed E-state index contributed by atoms with van der Waals surface area (Å²) in [7, 11) is 1.40. The maximum absolute atomic E-state index is 14.9. The molecule has 0 saturated carbocycles. The maximum atomic E-state index is 14.9. The molecule has 0 saturated heterocycles. The number of nitrogens with zero attached hydrogens (tertiary/aromatic N) is 3. The third kappa shape index (κ3) is 3.70. The Morgan fingerprint density at radius 3 is 2.54 bits per heavy atom. The van der Waals surface area contributed by atoms with E-state index in [1.54, 1.807) is 4.68 Å². The second kappa shape index (κ2) is 7.03. The Morgan fingerprint density at radius 2 is 2.04 bits per heavy atom. The van der Waals surface area contributed by atoms with Gasteiger partial charge in [0.25, 0.3) is 6.54 Å². The summed E-state index contributed by atoms with van der Waals surface area (Å²) in [4.78, 5) is 1.19. The van der Waals surface area contributed by atoms with E-state index in [0.29, 0.717) is 12.6 Å². The molecule has 1 aromatic carbocycles. The van der Waals surface area contributed by atoms with Crippen LogP contribution in [0.4, 0.5) is 17.6 Å². The monoisotopic (exact) mass is 370 g/mol. The van der Waals surface area contributed by atoms with Crippen molar-refractivity contribution in [2.24, 2.45) is 5.10 Å². The summed E-state index contributed by atoms with van der Waals surface area (Å²) < 4.78 is 58.8. The van der Waals surface area contributed by atoms with E-state index in [1.165, 1.54) is 18.3 Å². The van der Waals surface area contributed by atoms with Crippen LogP contribution in [0.5, 0.6) is 0 Å². The van der Waals surface area contributed by atoms with Crippen molar-refractivity contribution in [3.05, 3.63) is 60.2 Å². The van der Waals surface area contributed by atoms with Gasteiger partial charge in [-0.05, 0) is 12.1 Å². The van der Waals surface area contributed by atoms with Gasteiger partial charge in [0, 0.05) is 36.3 Å². The van der Waals surface area contributed by atoms with Crippen molar-refractivity contribution >= 4 is 12.1 Å². The molecule has 140 valence electrons. The van der Waals surface area contributed by atoms with Gasteiger partial charge in [0.1, 0.15) is 11.6 Å². The van der Waals surface area contributed by atoms with Crippen LogP contribution in [0.1, 0.15) is 12.5 Å². The molecule has 0 fully saturated rings. The summed E-state index contributed by atoms with van der Waals surface area (Å²) >= 11 is 0. The normalized spacial score (nSPS) is 16.6. The minimum Gasteiger partial charge on any atom is -0.377 e. The molecule has 1 heterocycles. The Bertz CT molecular complexity index is 804. The average molecular weight is 370 g/mol. The van der Waals surface area contributed by atoms with Gasteiger partial charge in [-0.1, -0.05) is 23.9 Å². The minimum absolute atomic E-state index is 0.440. The van der Waals surface area contributed by atoms with Gasteiger partial charge in [-0.2, -0.15) is 8.78 Å². The van der Waals surface area contributed by atoms with Crippen LogP contribution in [0.3, 0.4) is 0 Å². The predicted octanol–water partition coefficient (Wildman–Crippen LogP) is 2.89. The lowest BCUT2D eigenvalue weighted by Crippen LogP contribution is -2.53. The quantitative estimate of drug-likeness (QED) is 0.251. The van der Waals surface area contributed by atoms with Crippen molar-refractivity contribution in [1.82, 2.24) is 4.90 Å². The van der Waals surface area contributed by atoms with Crippen LogP contribution in [0.2, 0.25) is 0 Å². The molecule has 4 nitrogen and oxygen atoms in total. The van der Waals surface area contributed by atoms with Crippen LogP contribution < -0.4 is 0 Å². The SMILES string of the molecule is C=CC(=C)C(F)(F)C(O)(CN(C)C=N[N+]1=C(C)C1)c1ccc(F)cc1F. The van der Waals surface area contributed by atoms with E-state index in [1.807, 2.05) is 6.92 Å². The molecule has 8 heteroatoms. The molecule has 26 heavy (non-hydrogen) atoms. The summed E-state index contributed by atoms with van der Waals surface area (Å²) in [5.41, 5.74) is -3.56. The number of hydrogen-bond acceptors (Lipinski definition) is 2. The molecule has 1 aromatic rings. The van der Waals surface area contributed by atoms with Gasteiger partial charge in [-0.3, -0.25) is 0 Å². The Morgan fingerprint density at radius 1 is 1.42 bits per heavy atom. The molecular formula is C18H20F4N3O+. The van der Waals surface area contributed by atoms with Crippen molar-refractivity contribution in [3.8, 4) is 0 Å². The van der Waals surface area contributed by atoms with Gasteiger partial charge in [-0.25, -0.2) is 8.78 Å². The summed E-state index contributed by atoms with van der Waals surface area (Å²) in [6, 6.07) is 2.04. The zero-order valence-electron chi connectivity index (χ0n) is 14.5. The zero-order chi connectivity index (χ0) is 19.7. The van der Waals surface area contributed by atoms with Crippen molar-refractivity contribution in [2.75, 3.05) is 20.1 Å². The molecule has 1 unspecified atom stereocenters. The number of aliphatic hydroxyl groups is 1. The molecule has 1 atom stereocenters. The van der Waals surface area contributed by atoms with Gasteiger partial charge < -0.3 is 10.0 Å². The van der Waals surface area contributed by atoms with Gasteiger partial charge in [-0.15, -0.1) is 0 Å². The first kappa shape index (κ1) is 19.8. The lowest BCUT2D eigenvalue weighted by Gasteiger charge is -2.38. The first-order valence-electron chi connectivity index (χ1n) is 7.74. The number of benzene rings is 1. The van der Waals surface area contributed by atoms with Crippen LogP contribution in [0.25, 0.3) is 0 Å². The zero-order valence-corrected chi connectivity index (χ0v) is 14.5. The highest BCUT2D eigenvalue weighted by Gasteiger charge is 2.56. The Hall–Kier alpha value is -2.48. The highest BCUT2D eigenvalue weighted by molar-refractivity contribution is 5.85. The molecule has 0 spiro atoms. The van der Waals surface area contributed by atoms with Gasteiger partial charge in [0.15, 0.2) is 11.9 Å². The molecule has 1 N–H and O–H groups in total. The first-order chi connectivity index (χ1) is 12.0. The lowest BCUT2D eigenvalue weighted by atomic mass is 9.82. The number of allylic oxidation sites excluding steroid dienone is 1. The number of rotatable bonds is 8. The highest BCUT2D eigenvalue weighted by Crippen LogP contribution is 2.44. The van der Waals surface area contributed by atoms with Crippen molar-refractivity contribution in [1.29, 1.82) is 0 Å². The Kier molecular flexibility index (Phi) is 5.36. The fourth-order valence-corrected chi connectivity index (χ4v) is 2.45. The maximum Gasteiger partial charge on any atom is 0.306 e. The number of likely N-dealkylation sites (N-methyl/N-ethyl adjacent to an activating group) is 1. The second-order valence-electron chi connectivity index (χ2n) is 6.23. The van der Waals surface area contributed by atoms with E-state index >= 15 is 0 Å². The third-order valence-corrected chi connectivity index (χ3v) is 4.13. The topological polar surface area (TPSA) is 38.8 Å². The van der Waals surface area contributed by atoms with Crippen molar-refractivity contribution in [3.63, 3.8) is 0 Å². The molecule has 0 aliphatic carbocycles. The van der Waals surface area contributed by atoms with Gasteiger partial charge in [0.2, 0.25) is 5.71 Å². The average Bonchev–Trinajstić information content (AvgIpc) is 3.27. The second-order valence-corrected chi connectivity index (χ2v) is 6.23. The summed E-state index contributed by atoms with van der Waals surface area (Å²) in [6.07, 6.45) is 2.03. The Labute approximate surface area is 149 Å². The molecule has 0 radical (unpaired) electrons. The van der Waals surface area contributed by atoms with Crippen LogP contribution >= 0.6 is 0 Å². The number of hydrogen-bond donors (Lipinski definition) is 1. The molecule has 2 rings (SSSR count). The van der Waals surface area contributed by atoms with Crippen LogP contribution in [-0.2, 0) is 5.60 Å². The van der Waals surface area contributed by atoms with E-state index < -0.39 is 40.8 Å². The van der Waals surface area contributed by atoms with E-state index in [2.05, 4.69) is 18.3 Å². The van der Waals surface area contributed by atoms with E-state index in [-0.39, 0.29) is 0 Å². The van der Waals surface area contributed by atoms with Gasteiger partial charge >= 0.3 is 5.92 Å². The summed E-state index contributed by atoms with van der Waals surface area (Å²) in [6.45, 7) is 8.22. The number of alkyl halides is 2. The summed E-state index contributed by atoms with van der Waals surface area (Å²) in [5, 5.41) is 14.9. The van der Waals surface area contributed by atoms with Crippen molar-refractivity contribution in [2.45, 2.75) is 18.4 Å². The van der Waals surface area contributed by atoms with E-state index in [9.17, 15) is 22.7 Å². The highest BCUT2D eigenvalue weighted by atomic mass is 19.3. The summed E-state index contributed by atoms with van der Waals surface area (Å²) in [5.74, 6) is -6.19. The van der Waals surface area contributed by atoms with Crippen LogP contribution in [0.15, 0.2) is 48.1 Å². The fourth-order valence-electron chi connectivity index (χ4n) is 2.45. The first-order valence-corrected chi connectivity index (χ1v) is 7.74. The third-order valence-electron chi connectivity index (χ3n) is 4.13. The van der Waals surface area contributed by atoms with Crippen LogP contribution in [-0.4, -0.2) is 52.8 Å². The van der Waals surface area contributed by atoms with E-state index in [0.717, 1.165) is 23.9 Å². The van der Waals surface area contributed by atoms with Gasteiger partial charge in [0.05, 0.1) is 6.54 Å². The standard InChI is InChI=1S/C18H20F4N3O/c1-5-12(2)18(21,22)17(26,15-7-6-14(19)8-16(15)20)10-24(4)11-23-25-9-13(25)3/h5-8,11,26H,1-2,9-10H2,3-4H3/q+1. The molecule has 1 aliphatic heterocycles. The molecule has 1 aliphatic rings. The minimum atomic E-state index is -3.96. The van der Waals surface area contributed by atoms with Crippen molar-refractivity contribution < 1.29 is 27.4 Å². The lowest BCUT2D eigenvalue weighted by molar-refractivity contribution is -0.445. The molecule has 0 aromatic heterocycles. The largest absolute Gasteiger partial charge is 0.377 e. The van der Waals surface area contributed by atoms with Crippen LogP contribution in [0, 0.1) is 11.6 Å². The molecule has 0 bridgehead atoms. The molecule has 0 amide bonds. The smallest absolute Gasteiger partial charge is 0.306 e.